The molecule has 0 N–H and O–H groups in total. The summed E-state index contributed by atoms with van der Waals surface area (Å²) in [6.07, 6.45) is 3.64. The van der Waals surface area contributed by atoms with Crippen molar-refractivity contribution in [3.05, 3.63) is 126 Å². The van der Waals surface area contributed by atoms with Crippen LogP contribution in [0.5, 0.6) is 0 Å². The number of hydrogen-bond acceptors (Lipinski definition) is 4. The second kappa shape index (κ2) is 9.26. The molecule has 0 aliphatic carbocycles. The third kappa shape index (κ3) is 4.11. The Hall–Kier alpha value is -4.79. The summed E-state index contributed by atoms with van der Waals surface area (Å²) in [5.74, 6) is 0.621. The number of halogens is 1. The normalized spacial score (nSPS) is 11.1. The van der Waals surface area contributed by atoms with E-state index in [1.54, 1.807) is 6.20 Å². The van der Waals surface area contributed by atoms with Gasteiger partial charge in [0.2, 0.25) is 0 Å². The molecule has 178 valence electrons. The fourth-order valence-electron chi connectivity index (χ4n) is 4.68. The van der Waals surface area contributed by atoms with Gasteiger partial charge < -0.3 is 4.42 Å². The summed E-state index contributed by atoms with van der Waals surface area (Å²) in [6, 6.07) is 38.2. The van der Waals surface area contributed by atoms with Crippen LogP contribution in [-0.2, 0) is 0 Å². The first-order chi connectivity index (χ1) is 18.7. The van der Waals surface area contributed by atoms with Gasteiger partial charge in [0.05, 0.1) is 11.4 Å². The van der Waals surface area contributed by atoms with Crippen molar-refractivity contribution < 1.29 is 4.42 Å². The van der Waals surface area contributed by atoms with Crippen molar-refractivity contribution >= 4 is 37.9 Å². The van der Waals surface area contributed by atoms with E-state index in [2.05, 4.69) is 75.5 Å². The fourth-order valence-corrected chi connectivity index (χ4v) is 5.17. The van der Waals surface area contributed by atoms with Gasteiger partial charge in [0.25, 0.3) is 0 Å². The number of benzene rings is 3. The minimum absolute atomic E-state index is 0.621. The molecule has 0 bridgehead atoms. The molecule has 0 saturated carbocycles. The number of aromatic nitrogens is 3. The van der Waals surface area contributed by atoms with Crippen LogP contribution in [0.2, 0.25) is 0 Å². The summed E-state index contributed by atoms with van der Waals surface area (Å²) in [7, 11) is 0. The second-order valence-corrected chi connectivity index (χ2v) is 9.88. The van der Waals surface area contributed by atoms with E-state index in [1.165, 1.54) is 0 Å². The predicted octanol–water partition coefficient (Wildman–Crippen LogP) is 8.80. The molecule has 0 atom stereocenters. The van der Waals surface area contributed by atoms with Crippen molar-refractivity contribution in [1.29, 1.82) is 0 Å². The van der Waals surface area contributed by atoms with Crippen LogP contribution < -0.4 is 0 Å². The van der Waals surface area contributed by atoms with Crippen molar-refractivity contribution in [2.24, 2.45) is 0 Å². The molecule has 0 amide bonds. The van der Waals surface area contributed by atoms with Gasteiger partial charge in [0.15, 0.2) is 5.82 Å². The van der Waals surface area contributed by atoms with Crippen LogP contribution in [0, 0.1) is 12.1 Å². The Morgan fingerprint density at radius 3 is 2.32 bits per heavy atom. The molecule has 0 aliphatic heterocycles. The summed E-state index contributed by atoms with van der Waals surface area (Å²) in [4.78, 5) is 14.2. The smallest absolute Gasteiger partial charge is 0.161 e. The fraction of sp³-hybridized carbons (Fsp3) is 0. The van der Waals surface area contributed by atoms with Crippen LogP contribution in [0.4, 0.5) is 0 Å². The Morgan fingerprint density at radius 1 is 0.632 bits per heavy atom. The maximum atomic E-state index is 6.16. The zero-order valence-corrected chi connectivity index (χ0v) is 21.6. The third-order valence-corrected chi connectivity index (χ3v) is 6.96. The highest BCUT2D eigenvalue weighted by Gasteiger charge is 2.14. The highest BCUT2D eigenvalue weighted by molar-refractivity contribution is 9.10. The Labute approximate surface area is 227 Å². The monoisotopic (exact) mass is 551 g/mol. The summed E-state index contributed by atoms with van der Waals surface area (Å²) in [5.41, 5.74) is 8.21. The molecule has 4 aromatic carbocycles. The Balaban J connectivity index is 1.42. The Bertz CT molecular complexity index is 1930. The molecule has 5 heteroatoms. The van der Waals surface area contributed by atoms with Crippen LogP contribution in [-0.4, -0.2) is 15.0 Å². The number of para-hydroxylation sites is 1. The Morgan fingerprint density at radius 2 is 1.47 bits per heavy atom. The van der Waals surface area contributed by atoms with Crippen molar-refractivity contribution in [3.8, 4) is 45.0 Å². The molecule has 0 unspecified atom stereocenters. The Kier molecular flexibility index (Phi) is 5.46. The number of pyridine rings is 1. The van der Waals surface area contributed by atoms with E-state index in [4.69, 9.17) is 14.4 Å². The van der Waals surface area contributed by atoms with Gasteiger partial charge in [-0.2, -0.15) is 0 Å². The zero-order chi connectivity index (χ0) is 25.5. The van der Waals surface area contributed by atoms with Crippen LogP contribution in [0.25, 0.3) is 67.0 Å². The van der Waals surface area contributed by atoms with E-state index in [9.17, 15) is 0 Å². The van der Waals surface area contributed by atoms with E-state index in [0.29, 0.717) is 5.82 Å². The minimum Gasteiger partial charge on any atom is -0.456 e. The summed E-state index contributed by atoms with van der Waals surface area (Å²) in [5, 5.41) is 2.19. The molecule has 3 aromatic heterocycles. The highest BCUT2D eigenvalue weighted by Crippen LogP contribution is 2.35. The van der Waals surface area contributed by atoms with Crippen LogP contribution in [0.1, 0.15) is 0 Å². The van der Waals surface area contributed by atoms with Crippen molar-refractivity contribution in [3.63, 3.8) is 0 Å². The van der Waals surface area contributed by atoms with Crippen LogP contribution >= 0.6 is 15.9 Å². The first-order valence-corrected chi connectivity index (χ1v) is 12.9. The maximum Gasteiger partial charge on any atom is 0.161 e. The third-order valence-electron chi connectivity index (χ3n) is 6.50. The van der Waals surface area contributed by atoms with E-state index >= 15 is 0 Å². The quantitative estimate of drug-likeness (QED) is 0.219. The summed E-state index contributed by atoms with van der Waals surface area (Å²) >= 11 is 3.69. The van der Waals surface area contributed by atoms with Crippen LogP contribution in [0.15, 0.2) is 118 Å². The van der Waals surface area contributed by atoms with E-state index in [1.807, 2.05) is 60.8 Å². The number of furan rings is 1. The molecule has 0 saturated heterocycles. The molecule has 7 aromatic rings. The van der Waals surface area contributed by atoms with E-state index < -0.39 is 0 Å². The van der Waals surface area contributed by atoms with Gasteiger partial charge in [-0.25, -0.2) is 9.97 Å². The lowest BCUT2D eigenvalue weighted by Crippen LogP contribution is -1.96. The lowest BCUT2D eigenvalue weighted by atomic mass is 10.0. The van der Waals surface area contributed by atoms with Gasteiger partial charge in [-0.1, -0.05) is 58.4 Å². The molecular weight excluding hydrogens is 534 g/mol. The van der Waals surface area contributed by atoms with Crippen molar-refractivity contribution in [2.75, 3.05) is 0 Å². The van der Waals surface area contributed by atoms with Gasteiger partial charge in [0, 0.05) is 49.9 Å². The molecule has 7 rings (SSSR count). The number of rotatable bonds is 4. The second-order valence-electron chi connectivity index (χ2n) is 8.96. The summed E-state index contributed by atoms with van der Waals surface area (Å²) < 4.78 is 7.12. The SMILES string of the molecule is Brc1cc(-c2cccnc2)cc(-c2cc(-c3ccc4c(c3)oc3ccccc34)nc(-c3cc#ccc3)n2)c1. The van der Waals surface area contributed by atoms with E-state index in [0.717, 1.165) is 65.6 Å². The number of fused-ring (bicyclic) bond motifs is 3. The molecule has 4 nitrogen and oxygen atoms in total. The first kappa shape index (κ1) is 22.4. The molecule has 0 spiro atoms. The molecule has 3 heterocycles. The molecule has 38 heavy (non-hydrogen) atoms. The minimum atomic E-state index is 0.621. The van der Waals surface area contributed by atoms with Gasteiger partial charge in [-0.15, -0.1) is 0 Å². The van der Waals surface area contributed by atoms with Crippen LogP contribution in [0.3, 0.4) is 0 Å². The lowest BCUT2D eigenvalue weighted by Gasteiger charge is -2.11. The van der Waals surface area contributed by atoms with Gasteiger partial charge >= 0.3 is 0 Å². The maximum absolute atomic E-state index is 6.16. The number of hydrogen-bond donors (Lipinski definition) is 0. The van der Waals surface area contributed by atoms with Crippen molar-refractivity contribution in [2.45, 2.75) is 0 Å². The average Bonchev–Trinajstić information content (AvgIpc) is 3.35. The van der Waals surface area contributed by atoms with Gasteiger partial charge in [0.1, 0.15) is 11.2 Å². The number of nitrogens with zero attached hydrogens (tertiary/aromatic N) is 3. The molecule has 0 aliphatic rings. The summed E-state index contributed by atoms with van der Waals surface area (Å²) in [6.45, 7) is 0. The molecule has 0 fully saturated rings. The first-order valence-electron chi connectivity index (χ1n) is 12.1. The molecule has 0 radical (unpaired) electrons. The lowest BCUT2D eigenvalue weighted by molar-refractivity contribution is 0.669. The largest absolute Gasteiger partial charge is 0.456 e. The van der Waals surface area contributed by atoms with Gasteiger partial charge in [-0.3, -0.25) is 4.98 Å². The van der Waals surface area contributed by atoms with Crippen molar-refractivity contribution in [1.82, 2.24) is 15.0 Å². The predicted molar refractivity (Wildman–Crippen MR) is 154 cm³/mol. The standard InChI is InChI=1S/C33H18BrN3O/c34-26-16-24(23-9-6-14-35-20-23)15-25(17-26)30-19-29(36-33(37-30)21-7-2-1-3-8-21)22-12-13-28-27-10-4-5-11-31(27)38-32(28)18-22/h2,4-20H. The van der Waals surface area contributed by atoms with Gasteiger partial charge in [-0.05, 0) is 72.3 Å². The topological polar surface area (TPSA) is 51.8 Å². The van der Waals surface area contributed by atoms with E-state index in [-0.39, 0.29) is 0 Å². The zero-order valence-electron chi connectivity index (χ0n) is 20.0. The average molecular weight is 552 g/mol. The molecular formula is C33H18BrN3O. The highest BCUT2D eigenvalue weighted by atomic mass is 79.9.